The topological polar surface area (TPSA) is 50.9 Å². The first-order valence-electron chi connectivity index (χ1n) is 4.73. The number of rotatable bonds is 5. The van der Waals surface area contributed by atoms with Crippen LogP contribution < -0.4 is 0 Å². The zero-order valence-corrected chi connectivity index (χ0v) is 10.6. The van der Waals surface area contributed by atoms with E-state index in [9.17, 15) is 0 Å². The van der Waals surface area contributed by atoms with Crippen LogP contribution in [0, 0.1) is 0 Å². The molecule has 1 heterocycles. The first-order valence-corrected chi connectivity index (χ1v) is 6.51. The van der Waals surface area contributed by atoms with Crippen molar-refractivity contribution >= 4 is 27.7 Å². The van der Waals surface area contributed by atoms with Gasteiger partial charge in [0.15, 0.2) is 11.0 Å². The number of aliphatic hydroxyl groups excluding tert-OH is 1. The van der Waals surface area contributed by atoms with Crippen molar-refractivity contribution in [3.05, 3.63) is 16.9 Å². The average molecular weight is 290 g/mol. The van der Waals surface area contributed by atoms with Gasteiger partial charge in [-0.1, -0.05) is 34.3 Å². The third kappa shape index (κ3) is 2.62. The van der Waals surface area contributed by atoms with Gasteiger partial charge in [-0.05, 0) is 17.3 Å². The second-order valence-electron chi connectivity index (χ2n) is 3.46. The summed E-state index contributed by atoms with van der Waals surface area (Å²) in [6.45, 7) is 3.73. The molecule has 0 aromatic carbocycles. The first-order chi connectivity index (χ1) is 7.22. The van der Waals surface area contributed by atoms with Gasteiger partial charge in [0.25, 0.3) is 0 Å². The van der Waals surface area contributed by atoms with Gasteiger partial charge in [0.1, 0.15) is 6.61 Å². The lowest BCUT2D eigenvalue weighted by atomic mass is 10.6. The van der Waals surface area contributed by atoms with E-state index < -0.39 is 0 Å². The molecule has 0 bridgehead atoms. The third-order valence-corrected chi connectivity index (χ3v) is 3.83. The fourth-order valence-electron chi connectivity index (χ4n) is 1.36. The quantitative estimate of drug-likeness (QED) is 0.844. The van der Waals surface area contributed by atoms with Gasteiger partial charge in [0, 0.05) is 11.8 Å². The summed E-state index contributed by atoms with van der Waals surface area (Å²) in [5, 5.41) is 18.0. The van der Waals surface area contributed by atoms with Gasteiger partial charge < -0.3 is 9.67 Å². The Morgan fingerprint density at radius 3 is 2.87 bits per heavy atom. The zero-order valence-electron chi connectivity index (χ0n) is 8.19. The number of hydrogen-bond donors (Lipinski definition) is 1. The van der Waals surface area contributed by atoms with Crippen LogP contribution in [0.4, 0.5) is 0 Å². The molecule has 15 heavy (non-hydrogen) atoms. The minimum Gasteiger partial charge on any atom is -0.388 e. The molecule has 1 aromatic rings. The average Bonchev–Trinajstić information content (AvgIpc) is 2.96. The lowest BCUT2D eigenvalue weighted by Gasteiger charge is -2.06. The van der Waals surface area contributed by atoms with E-state index in [1.165, 1.54) is 0 Å². The number of hydrogen-bond acceptors (Lipinski definition) is 4. The molecule has 4 nitrogen and oxygen atoms in total. The van der Waals surface area contributed by atoms with Crippen molar-refractivity contribution in [1.82, 2.24) is 14.8 Å². The number of aromatic nitrogens is 3. The second-order valence-corrected chi connectivity index (χ2v) is 5.53. The standard InChI is InChI=1S/C9H12BrN3OS/c1-6(10)5-15-9-12-11-8(4-14)13(9)7-2-3-7/h7,14H,1-5H2. The van der Waals surface area contributed by atoms with E-state index in [-0.39, 0.29) is 6.61 Å². The number of halogens is 1. The van der Waals surface area contributed by atoms with E-state index in [2.05, 4.69) is 32.7 Å². The van der Waals surface area contributed by atoms with Crippen molar-refractivity contribution in [2.24, 2.45) is 0 Å². The van der Waals surface area contributed by atoms with Gasteiger partial charge in [-0.25, -0.2) is 0 Å². The van der Waals surface area contributed by atoms with Crippen molar-refractivity contribution in [2.75, 3.05) is 5.75 Å². The Bertz CT molecular complexity index is 375. The maximum absolute atomic E-state index is 9.13. The maximum atomic E-state index is 9.13. The van der Waals surface area contributed by atoms with Crippen LogP contribution in [0.1, 0.15) is 24.7 Å². The Kier molecular flexibility index (Phi) is 3.48. The Hall–Kier alpha value is -0.330. The van der Waals surface area contributed by atoms with Crippen molar-refractivity contribution in [3.63, 3.8) is 0 Å². The predicted molar refractivity (Wildman–Crippen MR) is 63.0 cm³/mol. The second kappa shape index (κ2) is 4.67. The SMILES string of the molecule is C=C(Br)CSc1nnc(CO)n1C1CC1. The molecule has 1 fully saturated rings. The summed E-state index contributed by atoms with van der Waals surface area (Å²) in [5.41, 5.74) is 0. The molecule has 0 unspecified atom stereocenters. The maximum Gasteiger partial charge on any atom is 0.191 e. The Labute approximate surface area is 101 Å². The summed E-state index contributed by atoms with van der Waals surface area (Å²) in [4.78, 5) is 0. The van der Waals surface area contributed by atoms with Crippen LogP contribution in [0.3, 0.4) is 0 Å². The highest BCUT2D eigenvalue weighted by Gasteiger charge is 2.29. The molecule has 2 rings (SSSR count). The summed E-state index contributed by atoms with van der Waals surface area (Å²) in [7, 11) is 0. The highest BCUT2D eigenvalue weighted by Crippen LogP contribution is 2.39. The van der Waals surface area contributed by atoms with Gasteiger partial charge in [-0.2, -0.15) is 0 Å². The minimum absolute atomic E-state index is 0.0423. The molecule has 1 saturated carbocycles. The lowest BCUT2D eigenvalue weighted by molar-refractivity contribution is 0.263. The normalized spacial score (nSPS) is 15.6. The molecular weight excluding hydrogens is 278 g/mol. The first kappa shape index (κ1) is 11.2. The van der Waals surface area contributed by atoms with E-state index in [0.29, 0.717) is 11.9 Å². The smallest absolute Gasteiger partial charge is 0.191 e. The highest BCUT2D eigenvalue weighted by atomic mass is 79.9. The van der Waals surface area contributed by atoms with E-state index in [1.54, 1.807) is 11.8 Å². The van der Waals surface area contributed by atoms with Gasteiger partial charge in [-0.15, -0.1) is 10.2 Å². The molecule has 1 aromatic heterocycles. The van der Waals surface area contributed by atoms with Crippen molar-refractivity contribution in [1.29, 1.82) is 0 Å². The van der Waals surface area contributed by atoms with Gasteiger partial charge in [-0.3, -0.25) is 0 Å². The molecule has 6 heteroatoms. The van der Waals surface area contributed by atoms with E-state index in [1.807, 2.05) is 4.57 Å². The largest absolute Gasteiger partial charge is 0.388 e. The molecule has 1 aliphatic rings. The summed E-state index contributed by atoms with van der Waals surface area (Å²) in [6, 6.07) is 0.494. The van der Waals surface area contributed by atoms with E-state index in [4.69, 9.17) is 5.11 Å². The molecule has 0 radical (unpaired) electrons. The van der Waals surface area contributed by atoms with E-state index >= 15 is 0 Å². The highest BCUT2D eigenvalue weighted by molar-refractivity contribution is 9.11. The summed E-state index contributed by atoms with van der Waals surface area (Å²) >= 11 is 4.90. The molecule has 1 aliphatic carbocycles. The molecule has 0 spiro atoms. The van der Waals surface area contributed by atoms with Crippen LogP contribution in [0.2, 0.25) is 0 Å². The molecule has 0 amide bonds. The number of aliphatic hydroxyl groups is 1. The van der Waals surface area contributed by atoms with E-state index in [0.717, 1.165) is 28.2 Å². The summed E-state index contributed by atoms with van der Waals surface area (Å²) in [6.07, 6.45) is 2.32. The van der Waals surface area contributed by atoms with Gasteiger partial charge >= 0.3 is 0 Å². The zero-order chi connectivity index (χ0) is 10.8. The predicted octanol–water partition coefficient (Wildman–Crippen LogP) is 2.11. The van der Waals surface area contributed by atoms with Crippen LogP contribution in [0.15, 0.2) is 16.2 Å². The van der Waals surface area contributed by atoms with Gasteiger partial charge in [0.05, 0.1) is 0 Å². The molecule has 1 N–H and O–H groups in total. The monoisotopic (exact) mass is 289 g/mol. The fraction of sp³-hybridized carbons (Fsp3) is 0.556. The third-order valence-electron chi connectivity index (χ3n) is 2.15. The lowest BCUT2D eigenvalue weighted by Crippen LogP contribution is -2.03. The minimum atomic E-state index is -0.0423. The number of thioether (sulfide) groups is 1. The Balaban J connectivity index is 2.15. The summed E-state index contributed by atoms with van der Waals surface area (Å²) in [5.74, 6) is 1.44. The van der Waals surface area contributed by atoms with Crippen LogP contribution in [0.25, 0.3) is 0 Å². The molecule has 0 aliphatic heterocycles. The van der Waals surface area contributed by atoms with Crippen LogP contribution in [-0.2, 0) is 6.61 Å². The van der Waals surface area contributed by atoms with Crippen LogP contribution >= 0.6 is 27.7 Å². The van der Waals surface area contributed by atoms with Crippen molar-refractivity contribution in [3.8, 4) is 0 Å². The molecule has 0 atom stereocenters. The van der Waals surface area contributed by atoms with Crippen LogP contribution in [-0.4, -0.2) is 25.6 Å². The number of nitrogens with zero attached hydrogens (tertiary/aromatic N) is 3. The molecule has 82 valence electrons. The van der Waals surface area contributed by atoms with Crippen molar-refractivity contribution < 1.29 is 5.11 Å². The molecule has 0 saturated heterocycles. The van der Waals surface area contributed by atoms with Gasteiger partial charge in [0.2, 0.25) is 0 Å². The molecular formula is C9H12BrN3OS. The van der Waals surface area contributed by atoms with Crippen molar-refractivity contribution in [2.45, 2.75) is 30.6 Å². The Morgan fingerprint density at radius 1 is 1.60 bits per heavy atom. The fourth-order valence-corrected chi connectivity index (χ4v) is 2.48. The Morgan fingerprint density at radius 2 is 2.33 bits per heavy atom. The summed E-state index contributed by atoms with van der Waals surface area (Å²) < 4.78 is 2.98. The van der Waals surface area contributed by atoms with Crippen LogP contribution in [0.5, 0.6) is 0 Å².